The third-order valence-electron chi connectivity index (χ3n) is 6.90. The lowest BCUT2D eigenvalue weighted by atomic mass is 9.88. The zero-order valence-corrected chi connectivity index (χ0v) is 25.5. The Kier molecular flexibility index (Phi) is 18.7. The molecule has 0 aliphatic carbocycles. The predicted molar refractivity (Wildman–Crippen MR) is 156 cm³/mol. The van der Waals surface area contributed by atoms with Gasteiger partial charge in [-0.15, -0.1) is 0 Å². The fourth-order valence-corrected chi connectivity index (χ4v) is 5.29. The minimum absolute atomic E-state index is 0.203. The van der Waals surface area contributed by atoms with Gasteiger partial charge in [0.1, 0.15) is 18.7 Å². The number of phosphoric ester groups is 1. The van der Waals surface area contributed by atoms with E-state index in [1.165, 1.54) is 69.8 Å². The molecule has 0 saturated carbocycles. The van der Waals surface area contributed by atoms with Gasteiger partial charge < -0.3 is 9.38 Å². The quantitative estimate of drug-likeness (QED) is 0.0438. The van der Waals surface area contributed by atoms with Crippen LogP contribution in [0.2, 0.25) is 0 Å². The van der Waals surface area contributed by atoms with Gasteiger partial charge in [-0.25, -0.2) is 4.57 Å². The molecule has 0 fully saturated rings. The minimum atomic E-state index is -3.95. The zero-order valence-electron chi connectivity index (χ0n) is 24.6. The summed E-state index contributed by atoms with van der Waals surface area (Å²) in [7, 11) is 2.07. The smallest absolute Gasteiger partial charge is 0.329 e. The lowest BCUT2D eigenvalue weighted by Crippen LogP contribution is -2.37. The molecular weight excluding hydrogens is 499 g/mol. The Hall–Kier alpha value is -1.40. The number of hydrogen-bond donors (Lipinski definition) is 2. The van der Waals surface area contributed by atoms with Crippen LogP contribution in [0.3, 0.4) is 0 Å². The Labute approximate surface area is 231 Å². The average Bonchev–Trinajstić information content (AvgIpc) is 2.85. The molecule has 2 atom stereocenters. The highest BCUT2D eigenvalue weighted by molar-refractivity contribution is 7.47. The number of benzene rings is 1. The van der Waals surface area contributed by atoms with E-state index < -0.39 is 7.82 Å². The van der Waals surface area contributed by atoms with Crippen molar-refractivity contribution in [1.29, 1.82) is 5.53 Å². The summed E-state index contributed by atoms with van der Waals surface area (Å²) >= 11 is 0. The number of quaternary nitrogens is 1. The number of nitrogens with one attached hydrogen (secondary N) is 1. The molecule has 0 heterocycles. The van der Waals surface area contributed by atoms with E-state index in [-0.39, 0.29) is 13.2 Å². The van der Waals surface area contributed by atoms with Crippen LogP contribution in [0.15, 0.2) is 29.4 Å². The molecule has 218 valence electrons. The fourth-order valence-electron chi connectivity index (χ4n) is 4.54. The summed E-state index contributed by atoms with van der Waals surface area (Å²) < 4.78 is 22.8. The van der Waals surface area contributed by atoms with Crippen molar-refractivity contribution < 1.29 is 23.0 Å². The molecule has 0 aliphatic heterocycles. The largest absolute Gasteiger partial charge is 0.472 e. The average molecular weight is 555 g/mol. The van der Waals surface area contributed by atoms with Crippen molar-refractivity contribution in [3.63, 3.8) is 0 Å². The van der Waals surface area contributed by atoms with E-state index in [2.05, 4.69) is 29.1 Å². The van der Waals surface area contributed by atoms with Crippen LogP contribution in [-0.2, 0) is 13.6 Å². The maximum absolute atomic E-state index is 12.0. The number of hydrogen-bond acceptors (Lipinski definition) is 5. The molecule has 38 heavy (non-hydrogen) atoms. The molecule has 1 aromatic rings. The van der Waals surface area contributed by atoms with Gasteiger partial charge in [0.2, 0.25) is 4.91 Å². The van der Waals surface area contributed by atoms with E-state index >= 15 is 0 Å². The Bertz CT molecular complexity index is 823. The molecule has 0 aromatic heterocycles. The Morgan fingerprint density at radius 3 is 1.87 bits per heavy atom. The van der Waals surface area contributed by atoms with Crippen LogP contribution in [0, 0.1) is 5.53 Å². The summed E-state index contributed by atoms with van der Waals surface area (Å²) in [6.07, 6.45) is 18.2. The summed E-state index contributed by atoms with van der Waals surface area (Å²) in [5.41, 5.74) is 9.01. The number of likely N-dealkylation sites (N-methyl/N-ethyl adjacent to an activating group) is 1. The van der Waals surface area contributed by atoms with Gasteiger partial charge in [0.15, 0.2) is 10.8 Å². The first-order chi connectivity index (χ1) is 18.2. The van der Waals surface area contributed by atoms with Gasteiger partial charge in [-0.05, 0) is 42.9 Å². The van der Waals surface area contributed by atoms with E-state index in [1.807, 2.05) is 33.3 Å². The van der Waals surface area contributed by atoms with Gasteiger partial charge >= 0.3 is 7.82 Å². The summed E-state index contributed by atoms with van der Waals surface area (Å²) in [4.78, 5) is 12.9. The molecule has 1 aromatic carbocycles. The highest BCUT2D eigenvalue weighted by Crippen LogP contribution is 2.43. The third-order valence-corrected chi connectivity index (χ3v) is 7.92. The topological polar surface area (TPSA) is 106 Å². The first-order valence-electron chi connectivity index (χ1n) is 14.8. The van der Waals surface area contributed by atoms with Crippen LogP contribution in [-0.4, -0.2) is 50.3 Å². The van der Waals surface area contributed by atoms with Gasteiger partial charge in [-0.3, -0.25) is 9.05 Å². The lowest BCUT2D eigenvalue weighted by molar-refractivity contribution is -0.870. The number of unbranched alkanes of at least 4 members (excludes halogenated alkanes) is 11. The van der Waals surface area contributed by atoms with E-state index in [1.54, 1.807) is 0 Å². The first-order valence-corrected chi connectivity index (χ1v) is 16.3. The minimum Gasteiger partial charge on any atom is -0.329 e. The van der Waals surface area contributed by atoms with Crippen molar-refractivity contribution in [3.8, 4) is 0 Å². The van der Waals surface area contributed by atoms with Crippen molar-refractivity contribution in [2.45, 2.75) is 109 Å². The van der Waals surface area contributed by atoms with E-state index in [0.717, 1.165) is 37.8 Å². The molecule has 9 heteroatoms. The number of rotatable bonds is 24. The maximum Gasteiger partial charge on any atom is 0.472 e. The fraction of sp³-hybridized carbons (Fsp3) is 0.793. The molecule has 2 N–H and O–H groups in total. The van der Waals surface area contributed by atoms with Crippen molar-refractivity contribution in [2.24, 2.45) is 5.11 Å². The van der Waals surface area contributed by atoms with Crippen LogP contribution in [0.4, 0.5) is 5.69 Å². The van der Waals surface area contributed by atoms with Crippen molar-refractivity contribution in [3.05, 3.63) is 29.8 Å². The molecule has 2 unspecified atom stereocenters. The molecule has 0 amide bonds. The monoisotopic (exact) mass is 554 g/mol. The Morgan fingerprint density at radius 1 is 0.842 bits per heavy atom. The van der Waals surface area contributed by atoms with Gasteiger partial charge in [-0.2, -0.15) is 0 Å². The normalized spacial score (nSPS) is 14.1. The SMILES string of the molecule is CCCCCCCCCCC(CCCCCCCOP(=O)(O)OCC[N+](C)(C)C)c1ccc(N=[N+]=N)cc1. The van der Waals surface area contributed by atoms with Gasteiger partial charge in [0.25, 0.3) is 0 Å². The molecular formula is C29H55N4O4P+2. The second-order valence-corrected chi connectivity index (χ2v) is 12.9. The summed E-state index contributed by atoms with van der Waals surface area (Å²) in [6, 6.07) is 8.21. The molecule has 0 radical (unpaired) electrons. The van der Waals surface area contributed by atoms with Gasteiger partial charge in [-0.1, -0.05) is 96.1 Å². The van der Waals surface area contributed by atoms with Gasteiger partial charge in [0.05, 0.1) is 27.7 Å². The maximum atomic E-state index is 12.0. The third kappa shape index (κ3) is 18.8. The highest BCUT2D eigenvalue weighted by Gasteiger charge is 2.22. The number of nitrogens with zero attached hydrogens (tertiary/aromatic N) is 3. The molecule has 1 rings (SSSR count). The van der Waals surface area contributed by atoms with E-state index in [4.69, 9.17) is 14.6 Å². The number of phosphoric acid groups is 1. The van der Waals surface area contributed by atoms with Crippen molar-refractivity contribution in [1.82, 2.24) is 4.91 Å². The van der Waals surface area contributed by atoms with Crippen LogP contribution >= 0.6 is 7.82 Å². The summed E-state index contributed by atoms with van der Waals surface area (Å²) in [5.74, 6) is 0.546. The van der Waals surface area contributed by atoms with E-state index in [9.17, 15) is 9.46 Å². The summed E-state index contributed by atoms with van der Waals surface area (Å²) in [5, 5.41) is 3.81. The molecule has 0 spiro atoms. The Morgan fingerprint density at radius 2 is 1.34 bits per heavy atom. The predicted octanol–water partition coefficient (Wildman–Crippen LogP) is 8.66. The molecule has 0 bridgehead atoms. The van der Waals surface area contributed by atoms with Crippen LogP contribution < -0.4 is 4.91 Å². The van der Waals surface area contributed by atoms with E-state index in [0.29, 0.717) is 16.9 Å². The van der Waals surface area contributed by atoms with Crippen LogP contribution in [0.5, 0.6) is 0 Å². The standard InChI is InChI=1S/C29H54N4O4P/c1-5-6-7-8-9-10-12-15-18-27(28-20-22-29(23-21-28)31-32-30)19-16-13-11-14-17-25-36-38(34,35)37-26-24-33(2,3)4/h20-23,27,30H,5-19,24-26H2,1-4H3/q+1/p+1. The van der Waals surface area contributed by atoms with Crippen LogP contribution in [0.25, 0.3) is 0 Å². The van der Waals surface area contributed by atoms with Crippen molar-refractivity contribution in [2.75, 3.05) is 40.9 Å². The van der Waals surface area contributed by atoms with Crippen LogP contribution in [0.1, 0.15) is 115 Å². The van der Waals surface area contributed by atoms with Gasteiger partial charge in [0, 0.05) is 0 Å². The molecule has 0 aliphatic rings. The molecule has 0 saturated heterocycles. The second kappa shape index (κ2) is 20.5. The zero-order chi connectivity index (χ0) is 28.1. The lowest BCUT2D eigenvalue weighted by Gasteiger charge is -2.24. The second-order valence-electron chi connectivity index (χ2n) is 11.5. The summed E-state index contributed by atoms with van der Waals surface area (Å²) in [6.45, 7) is 3.36. The molecule has 8 nitrogen and oxygen atoms in total. The Balaban J connectivity index is 2.32. The first kappa shape index (κ1) is 34.6. The van der Waals surface area contributed by atoms with Crippen molar-refractivity contribution >= 4 is 13.5 Å². The highest BCUT2D eigenvalue weighted by atomic mass is 31.2.